The summed E-state index contributed by atoms with van der Waals surface area (Å²) < 4.78 is 4.23. The molecule has 0 heterocycles. The fourth-order valence-electron chi connectivity index (χ4n) is 4.36. The van der Waals surface area contributed by atoms with E-state index in [0.29, 0.717) is 0 Å². The third kappa shape index (κ3) is 3.91. The molecular formula is C22H29Ge. The summed E-state index contributed by atoms with van der Waals surface area (Å²) in [4.78, 5) is 0. The van der Waals surface area contributed by atoms with Gasteiger partial charge in [0.1, 0.15) is 0 Å². The first-order valence-electron chi connectivity index (χ1n) is 9.14. The molecule has 3 unspecified atom stereocenters. The topological polar surface area (TPSA) is 0 Å². The first-order chi connectivity index (χ1) is 11.2. The van der Waals surface area contributed by atoms with Crippen molar-refractivity contribution in [3.63, 3.8) is 0 Å². The number of hydrogen-bond donors (Lipinski definition) is 0. The van der Waals surface area contributed by atoms with Gasteiger partial charge < -0.3 is 0 Å². The molecule has 0 N–H and O–H groups in total. The van der Waals surface area contributed by atoms with Crippen LogP contribution in [0, 0.1) is 17.8 Å². The van der Waals surface area contributed by atoms with Gasteiger partial charge in [0.15, 0.2) is 0 Å². The van der Waals surface area contributed by atoms with Gasteiger partial charge in [-0.05, 0) is 0 Å². The van der Waals surface area contributed by atoms with Gasteiger partial charge in [-0.15, -0.1) is 0 Å². The molecule has 1 aliphatic rings. The van der Waals surface area contributed by atoms with Crippen molar-refractivity contribution in [1.82, 2.24) is 0 Å². The van der Waals surface area contributed by atoms with Crippen LogP contribution in [0.25, 0.3) is 0 Å². The molecule has 2 aromatic rings. The second-order valence-electron chi connectivity index (χ2n) is 7.58. The summed E-state index contributed by atoms with van der Waals surface area (Å²) in [5.74, 6) is 2.61. The molecule has 0 aliphatic heterocycles. The molecule has 0 bridgehead atoms. The first-order valence-corrected chi connectivity index (χ1v) is 12.5. The van der Waals surface area contributed by atoms with E-state index in [4.69, 9.17) is 0 Å². The van der Waals surface area contributed by atoms with E-state index < -0.39 is 14.3 Å². The normalized spacial score (nSPS) is 25.0. The fraction of sp³-hybridized carbons (Fsp3) is 0.455. The Labute approximate surface area is 146 Å². The molecule has 0 aromatic heterocycles. The third-order valence-corrected chi connectivity index (χ3v) is 12.5. The van der Waals surface area contributed by atoms with Crippen molar-refractivity contribution in [1.29, 1.82) is 0 Å². The van der Waals surface area contributed by atoms with Crippen LogP contribution < -0.4 is 8.79 Å². The Morgan fingerprint density at radius 3 is 1.83 bits per heavy atom. The molecule has 0 amide bonds. The van der Waals surface area contributed by atoms with Crippen LogP contribution in [0.3, 0.4) is 0 Å². The maximum atomic E-state index is 2.47. The van der Waals surface area contributed by atoms with Gasteiger partial charge in [-0.3, -0.25) is 0 Å². The quantitative estimate of drug-likeness (QED) is 0.685. The van der Waals surface area contributed by atoms with Crippen molar-refractivity contribution in [2.24, 2.45) is 17.8 Å². The van der Waals surface area contributed by atoms with Crippen LogP contribution in [-0.4, -0.2) is 14.3 Å². The molecule has 121 valence electrons. The van der Waals surface area contributed by atoms with Crippen LogP contribution in [0.2, 0.25) is 4.75 Å². The minimum absolute atomic E-state index is 0.808. The summed E-state index contributed by atoms with van der Waals surface area (Å²) in [7, 11) is 0. The van der Waals surface area contributed by atoms with Crippen molar-refractivity contribution in [2.45, 2.75) is 44.8 Å². The molecule has 3 atom stereocenters. The van der Waals surface area contributed by atoms with E-state index in [-0.39, 0.29) is 0 Å². The van der Waals surface area contributed by atoms with Crippen molar-refractivity contribution in [3.8, 4) is 0 Å². The SMILES string of the molecule is CC1CCC(C(C)C)[CH]([Ge]([c]2ccccc2)[c]2ccccc2)C1. The van der Waals surface area contributed by atoms with Gasteiger partial charge in [0.05, 0.1) is 0 Å². The van der Waals surface area contributed by atoms with E-state index >= 15 is 0 Å². The van der Waals surface area contributed by atoms with Crippen molar-refractivity contribution in [3.05, 3.63) is 60.7 Å². The molecule has 1 aliphatic carbocycles. The van der Waals surface area contributed by atoms with Crippen LogP contribution in [0.4, 0.5) is 0 Å². The van der Waals surface area contributed by atoms with E-state index in [1.807, 2.05) is 0 Å². The second kappa shape index (κ2) is 7.70. The van der Waals surface area contributed by atoms with Crippen LogP contribution >= 0.6 is 0 Å². The Morgan fingerprint density at radius 2 is 1.35 bits per heavy atom. The van der Waals surface area contributed by atoms with Crippen molar-refractivity contribution in [2.75, 3.05) is 0 Å². The molecule has 2 aromatic carbocycles. The number of hydrogen-bond acceptors (Lipinski definition) is 0. The third-order valence-electron chi connectivity index (χ3n) is 5.56. The van der Waals surface area contributed by atoms with Gasteiger partial charge >= 0.3 is 146 Å². The molecular weight excluding hydrogens is 337 g/mol. The predicted octanol–water partition coefficient (Wildman–Crippen LogP) is 4.76. The van der Waals surface area contributed by atoms with Gasteiger partial charge in [0.25, 0.3) is 0 Å². The van der Waals surface area contributed by atoms with Crippen molar-refractivity contribution >= 4 is 23.1 Å². The zero-order valence-electron chi connectivity index (χ0n) is 14.7. The standard InChI is InChI=1S/C22H29Ge/c1-17(2)21-15-14-18(3)16-22(21)23(19-10-6-4-7-11-19)20-12-8-5-9-13-20/h4-13,17-18,21-22H,14-16H2,1-3H3. The second-order valence-corrected chi connectivity index (χ2v) is 13.3. The molecule has 1 saturated carbocycles. The Kier molecular flexibility index (Phi) is 5.63. The van der Waals surface area contributed by atoms with E-state index in [9.17, 15) is 0 Å². The first kappa shape index (κ1) is 16.8. The molecule has 1 fully saturated rings. The average Bonchev–Trinajstić information content (AvgIpc) is 2.57. The Balaban J connectivity index is 2.03. The molecule has 3 rings (SSSR count). The zero-order valence-corrected chi connectivity index (χ0v) is 16.8. The van der Waals surface area contributed by atoms with Gasteiger partial charge in [-0.1, -0.05) is 0 Å². The van der Waals surface area contributed by atoms with E-state index in [2.05, 4.69) is 81.4 Å². The minimum atomic E-state index is -1.53. The molecule has 0 nitrogen and oxygen atoms in total. The van der Waals surface area contributed by atoms with Crippen LogP contribution in [0.15, 0.2) is 60.7 Å². The predicted molar refractivity (Wildman–Crippen MR) is 103 cm³/mol. The fourth-order valence-corrected chi connectivity index (χ4v) is 12.6. The molecule has 1 radical (unpaired) electrons. The average molecular weight is 366 g/mol. The maximum absolute atomic E-state index is 2.47. The molecule has 1 heteroatoms. The van der Waals surface area contributed by atoms with E-state index in [1.54, 1.807) is 8.79 Å². The summed E-state index contributed by atoms with van der Waals surface area (Å²) in [6.07, 6.45) is 4.29. The van der Waals surface area contributed by atoms with Crippen molar-refractivity contribution < 1.29 is 0 Å². The number of benzene rings is 2. The molecule has 23 heavy (non-hydrogen) atoms. The zero-order chi connectivity index (χ0) is 16.2. The Morgan fingerprint density at radius 1 is 0.826 bits per heavy atom. The van der Waals surface area contributed by atoms with E-state index in [0.717, 1.165) is 22.5 Å². The van der Waals surface area contributed by atoms with Crippen LogP contribution in [0.5, 0.6) is 0 Å². The summed E-state index contributed by atoms with van der Waals surface area (Å²) in [5, 5.41) is 0. The van der Waals surface area contributed by atoms with E-state index in [1.165, 1.54) is 19.3 Å². The number of rotatable bonds is 4. The van der Waals surface area contributed by atoms with Gasteiger partial charge in [0, 0.05) is 0 Å². The monoisotopic (exact) mass is 367 g/mol. The van der Waals surface area contributed by atoms with Crippen LogP contribution in [0.1, 0.15) is 40.0 Å². The molecule has 0 saturated heterocycles. The molecule has 0 spiro atoms. The van der Waals surface area contributed by atoms with Gasteiger partial charge in [-0.2, -0.15) is 0 Å². The van der Waals surface area contributed by atoms with Gasteiger partial charge in [-0.25, -0.2) is 0 Å². The van der Waals surface area contributed by atoms with Gasteiger partial charge in [0.2, 0.25) is 0 Å². The summed E-state index contributed by atoms with van der Waals surface area (Å²) >= 11 is -1.53. The summed E-state index contributed by atoms with van der Waals surface area (Å²) in [6, 6.07) is 22.9. The Hall–Kier alpha value is -1.02. The Bertz CT molecular complexity index is 550. The summed E-state index contributed by atoms with van der Waals surface area (Å²) in [6.45, 7) is 7.36. The summed E-state index contributed by atoms with van der Waals surface area (Å²) in [5.41, 5.74) is 0. The van der Waals surface area contributed by atoms with Crippen LogP contribution in [-0.2, 0) is 0 Å².